The minimum atomic E-state index is -0.318. The number of amides is 2. The van der Waals surface area contributed by atoms with Gasteiger partial charge in [0.15, 0.2) is 0 Å². The molecule has 2 saturated heterocycles. The molecular weight excluding hydrogens is 347 g/mol. The van der Waals surface area contributed by atoms with E-state index in [2.05, 4.69) is 22.2 Å². The molecule has 1 aromatic heterocycles. The van der Waals surface area contributed by atoms with E-state index in [1.165, 1.54) is 30.7 Å². The second-order valence-electron chi connectivity index (χ2n) is 7.16. The van der Waals surface area contributed by atoms with E-state index in [4.69, 9.17) is 4.74 Å². The van der Waals surface area contributed by atoms with Crippen LogP contribution in [0.4, 0.5) is 14.9 Å². The van der Waals surface area contributed by atoms with Crippen molar-refractivity contribution in [2.24, 2.45) is 0 Å². The van der Waals surface area contributed by atoms with Crippen molar-refractivity contribution in [2.45, 2.75) is 31.3 Å². The Bertz CT molecular complexity index is 797. The number of anilines is 1. The van der Waals surface area contributed by atoms with Gasteiger partial charge < -0.3 is 15.0 Å². The summed E-state index contributed by atoms with van der Waals surface area (Å²) in [5.41, 5.74) is 0.620. The molecule has 2 fully saturated rings. The number of pyridine rings is 1. The first-order valence-electron chi connectivity index (χ1n) is 9.26. The number of urea groups is 1. The number of fused-ring (bicyclic) bond motifs is 2. The van der Waals surface area contributed by atoms with Crippen LogP contribution in [0.25, 0.3) is 0 Å². The largest absolute Gasteiger partial charge is 0.439 e. The van der Waals surface area contributed by atoms with Crippen molar-refractivity contribution in [3.63, 3.8) is 0 Å². The quantitative estimate of drug-likeness (QED) is 0.895. The van der Waals surface area contributed by atoms with E-state index >= 15 is 0 Å². The predicted molar refractivity (Wildman–Crippen MR) is 100 cm³/mol. The number of halogens is 1. The lowest BCUT2D eigenvalue weighted by Crippen LogP contribution is -2.41. The van der Waals surface area contributed by atoms with E-state index in [1.807, 2.05) is 4.90 Å². The summed E-state index contributed by atoms with van der Waals surface area (Å²) in [5.74, 6) is 0.569. The maximum absolute atomic E-state index is 12.9. The Morgan fingerprint density at radius 2 is 1.93 bits per heavy atom. The number of nitrogens with one attached hydrogen (secondary N) is 1. The number of likely N-dealkylation sites (tertiary alicyclic amines) is 1. The topological polar surface area (TPSA) is 57.7 Å². The molecule has 27 heavy (non-hydrogen) atoms. The summed E-state index contributed by atoms with van der Waals surface area (Å²) in [6.07, 6.45) is 4.97. The Morgan fingerprint density at radius 1 is 1.15 bits per heavy atom. The summed E-state index contributed by atoms with van der Waals surface area (Å²) in [6.45, 7) is 1.54. The molecule has 0 aliphatic carbocycles. The van der Waals surface area contributed by atoms with Crippen molar-refractivity contribution < 1.29 is 13.9 Å². The molecule has 1 aromatic carbocycles. The monoisotopic (exact) mass is 370 g/mol. The van der Waals surface area contributed by atoms with Crippen LogP contribution in [0.2, 0.25) is 0 Å². The molecule has 1 N–H and O–H groups in total. The molecule has 2 aliphatic heterocycles. The SMILES string of the molecule is CN1C2CCC1CN(C(=O)Nc1ccc(Oc3ccc(F)cc3)nc1)CC2. The van der Waals surface area contributed by atoms with E-state index in [1.54, 1.807) is 18.3 Å². The lowest BCUT2D eigenvalue weighted by atomic mass is 10.1. The molecule has 2 aromatic rings. The summed E-state index contributed by atoms with van der Waals surface area (Å²) in [5, 5.41) is 2.91. The van der Waals surface area contributed by atoms with E-state index < -0.39 is 0 Å². The molecule has 4 rings (SSSR count). The van der Waals surface area contributed by atoms with Gasteiger partial charge in [-0.05, 0) is 56.6 Å². The number of carbonyl (C=O) groups excluding carboxylic acids is 1. The minimum absolute atomic E-state index is 0.0926. The number of ether oxygens (including phenoxy) is 1. The zero-order valence-electron chi connectivity index (χ0n) is 15.3. The number of aromatic nitrogens is 1. The van der Waals surface area contributed by atoms with Crippen LogP contribution in [0.3, 0.4) is 0 Å². The van der Waals surface area contributed by atoms with E-state index in [0.717, 1.165) is 25.9 Å². The maximum Gasteiger partial charge on any atom is 0.321 e. The van der Waals surface area contributed by atoms with Crippen molar-refractivity contribution in [1.82, 2.24) is 14.8 Å². The summed E-state index contributed by atoms with van der Waals surface area (Å²) in [4.78, 5) is 21.1. The van der Waals surface area contributed by atoms with Gasteiger partial charge >= 0.3 is 6.03 Å². The molecule has 2 aliphatic rings. The zero-order valence-corrected chi connectivity index (χ0v) is 15.3. The Labute approximate surface area is 157 Å². The average Bonchev–Trinajstić information content (AvgIpc) is 2.90. The van der Waals surface area contributed by atoms with Gasteiger partial charge in [-0.15, -0.1) is 0 Å². The van der Waals surface area contributed by atoms with Gasteiger partial charge in [0.05, 0.1) is 11.9 Å². The summed E-state index contributed by atoms with van der Waals surface area (Å²) in [6, 6.07) is 10.1. The molecule has 2 atom stereocenters. The van der Waals surface area contributed by atoms with Crippen LogP contribution < -0.4 is 10.1 Å². The standard InChI is InChI=1S/C20H23FN4O2/c1-24-16-5-6-17(24)13-25(11-10-16)20(26)23-15-4-9-19(22-12-15)27-18-7-2-14(21)3-8-18/h2-4,7-9,12,16-17H,5-6,10-11,13H2,1H3,(H,23,26). The van der Waals surface area contributed by atoms with Gasteiger partial charge in [-0.1, -0.05) is 0 Å². The summed E-state index contributed by atoms with van der Waals surface area (Å²) >= 11 is 0. The third kappa shape index (κ3) is 4.03. The van der Waals surface area contributed by atoms with Crippen LogP contribution in [0.1, 0.15) is 19.3 Å². The molecule has 2 amide bonds. The van der Waals surface area contributed by atoms with Crippen LogP contribution in [-0.2, 0) is 0 Å². The number of rotatable bonds is 3. The second-order valence-corrected chi connectivity index (χ2v) is 7.16. The Hall–Kier alpha value is -2.67. The fourth-order valence-electron chi connectivity index (χ4n) is 3.83. The van der Waals surface area contributed by atoms with Gasteiger partial charge in [-0.25, -0.2) is 14.2 Å². The summed E-state index contributed by atoms with van der Waals surface area (Å²) < 4.78 is 18.5. The van der Waals surface area contributed by atoms with Crippen LogP contribution in [0.15, 0.2) is 42.6 Å². The van der Waals surface area contributed by atoms with Crippen LogP contribution in [0, 0.1) is 5.82 Å². The number of nitrogens with zero attached hydrogens (tertiary/aromatic N) is 3. The van der Waals surface area contributed by atoms with Gasteiger partial charge in [-0.2, -0.15) is 0 Å². The van der Waals surface area contributed by atoms with E-state index in [0.29, 0.717) is 29.4 Å². The molecule has 3 heterocycles. The Morgan fingerprint density at radius 3 is 2.67 bits per heavy atom. The molecule has 0 saturated carbocycles. The van der Waals surface area contributed by atoms with Gasteiger partial charge in [0.1, 0.15) is 11.6 Å². The number of hydrogen-bond acceptors (Lipinski definition) is 4. The van der Waals surface area contributed by atoms with Gasteiger partial charge in [-0.3, -0.25) is 4.90 Å². The fraction of sp³-hybridized carbons (Fsp3) is 0.400. The highest BCUT2D eigenvalue weighted by atomic mass is 19.1. The van der Waals surface area contributed by atoms with Crippen LogP contribution >= 0.6 is 0 Å². The van der Waals surface area contributed by atoms with Crippen molar-refractivity contribution in [2.75, 3.05) is 25.5 Å². The lowest BCUT2D eigenvalue weighted by Gasteiger charge is -2.26. The molecule has 2 bridgehead atoms. The fourth-order valence-corrected chi connectivity index (χ4v) is 3.83. The van der Waals surface area contributed by atoms with Crippen molar-refractivity contribution >= 4 is 11.7 Å². The average molecular weight is 370 g/mol. The highest BCUT2D eigenvalue weighted by molar-refractivity contribution is 5.89. The van der Waals surface area contributed by atoms with Gasteiger partial charge in [0, 0.05) is 31.2 Å². The Balaban J connectivity index is 1.35. The van der Waals surface area contributed by atoms with Crippen LogP contribution in [-0.4, -0.2) is 53.0 Å². The number of likely N-dealkylation sites (N-methyl/N-ethyl adjacent to an activating group) is 1. The second kappa shape index (κ2) is 7.52. The van der Waals surface area contributed by atoms with Gasteiger partial charge in [0.25, 0.3) is 0 Å². The highest BCUT2D eigenvalue weighted by Gasteiger charge is 2.35. The summed E-state index contributed by atoms with van der Waals surface area (Å²) in [7, 11) is 2.16. The third-order valence-electron chi connectivity index (χ3n) is 5.46. The number of hydrogen-bond donors (Lipinski definition) is 1. The molecule has 0 radical (unpaired) electrons. The molecule has 6 nitrogen and oxygen atoms in total. The van der Waals surface area contributed by atoms with Gasteiger partial charge in [0.2, 0.25) is 5.88 Å². The van der Waals surface area contributed by atoms with Crippen molar-refractivity contribution in [3.05, 3.63) is 48.4 Å². The third-order valence-corrected chi connectivity index (χ3v) is 5.46. The van der Waals surface area contributed by atoms with Crippen molar-refractivity contribution in [3.8, 4) is 11.6 Å². The lowest BCUT2D eigenvalue weighted by molar-refractivity contribution is 0.200. The predicted octanol–water partition coefficient (Wildman–Crippen LogP) is 3.71. The molecular formula is C20H23FN4O2. The minimum Gasteiger partial charge on any atom is -0.439 e. The van der Waals surface area contributed by atoms with E-state index in [9.17, 15) is 9.18 Å². The van der Waals surface area contributed by atoms with E-state index in [-0.39, 0.29) is 11.8 Å². The normalized spacial score (nSPS) is 22.4. The maximum atomic E-state index is 12.9. The molecule has 142 valence electrons. The first-order chi connectivity index (χ1) is 13.1. The van der Waals surface area contributed by atoms with Crippen LogP contribution in [0.5, 0.6) is 11.6 Å². The zero-order chi connectivity index (χ0) is 18.8. The Kier molecular flexibility index (Phi) is 4.94. The molecule has 7 heteroatoms. The number of benzene rings is 1. The number of carbonyl (C=O) groups is 1. The smallest absolute Gasteiger partial charge is 0.321 e. The first kappa shape index (κ1) is 17.7. The van der Waals surface area contributed by atoms with Crippen molar-refractivity contribution in [1.29, 1.82) is 0 Å². The first-order valence-corrected chi connectivity index (χ1v) is 9.26. The molecule has 2 unspecified atom stereocenters. The molecule has 0 spiro atoms. The highest BCUT2D eigenvalue weighted by Crippen LogP contribution is 2.28.